The highest BCUT2D eigenvalue weighted by Gasteiger charge is 2.34. The predicted octanol–water partition coefficient (Wildman–Crippen LogP) is 4.75. The molecule has 0 saturated carbocycles. The van der Waals surface area contributed by atoms with Gasteiger partial charge in [-0.2, -0.15) is 0 Å². The van der Waals surface area contributed by atoms with Crippen molar-refractivity contribution in [1.29, 1.82) is 0 Å². The Morgan fingerprint density at radius 2 is 1.53 bits per heavy atom. The quantitative estimate of drug-likeness (QED) is 0.384. The maximum Gasteiger partial charge on any atom is 0.264 e. The van der Waals surface area contributed by atoms with Gasteiger partial charge in [-0.1, -0.05) is 67.1 Å². The van der Waals surface area contributed by atoms with Gasteiger partial charge in [0.15, 0.2) is 0 Å². The van der Waals surface area contributed by atoms with Gasteiger partial charge >= 0.3 is 0 Å². The van der Waals surface area contributed by atoms with Gasteiger partial charge in [-0.25, -0.2) is 8.42 Å². The zero-order valence-electron chi connectivity index (χ0n) is 22.8. The van der Waals surface area contributed by atoms with Gasteiger partial charge in [0.1, 0.15) is 12.6 Å². The van der Waals surface area contributed by atoms with Crippen molar-refractivity contribution in [2.75, 3.05) is 17.4 Å². The third kappa shape index (κ3) is 6.61. The second-order valence-corrected chi connectivity index (χ2v) is 11.2. The molecule has 0 saturated heterocycles. The second-order valence-electron chi connectivity index (χ2n) is 9.37. The first kappa shape index (κ1) is 28.9. The van der Waals surface area contributed by atoms with Crippen LogP contribution < -0.4 is 9.62 Å². The van der Waals surface area contributed by atoms with Crippen molar-refractivity contribution in [1.82, 2.24) is 10.2 Å². The van der Waals surface area contributed by atoms with Crippen LogP contribution in [0.5, 0.6) is 0 Å². The van der Waals surface area contributed by atoms with E-state index in [4.69, 9.17) is 0 Å². The zero-order valence-corrected chi connectivity index (χ0v) is 23.6. The van der Waals surface area contributed by atoms with Crippen LogP contribution in [0.4, 0.5) is 5.69 Å². The molecular weight excluding hydrogens is 498 g/mol. The molecule has 0 heterocycles. The number of likely N-dealkylation sites (N-methyl/N-ethyl adjacent to an activating group) is 1. The van der Waals surface area contributed by atoms with Crippen LogP contribution in [0.1, 0.15) is 42.5 Å². The van der Waals surface area contributed by atoms with E-state index in [0.29, 0.717) is 18.7 Å². The van der Waals surface area contributed by atoms with Crippen molar-refractivity contribution in [3.05, 3.63) is 95.1 Å². The number of carbonyl (C=O) groups excluding carboxylic acids is 2. The molecule has 0 aliphatic carbocycles. The van der Waals surface area contributed by atoms with Crippen LogP contribution in [-0.2, 0) is 26.2 Å². The number of rotatable bonds is 11. The highest BCUT2D eigenvalue weighted by molar-refractivity contribution is 7.92. The lowest BCUT2D eigenvalue weighted by Gasteiger charge is -2.33. The Kier molecular flexibility index (Phi) is 9.69. The van der Waals surface area contributed by atoms with Gasteiger partial charge in [0.2, 0.25) is 11.8 Å². The van der Waals surface area contributed by atoms with E-state index in [1.165, 1.54) is 21.3 Å². The minimum Gasteiger partial charge on any atom is -0.355 e. The van der Waals surface area contributed by atoms with Crippen LogP contribution in [0.3, 0.4) is 0 Å². The molecule has 0 fully saturated rings. The summed E-state index contributed by atoms with van der Waals surface area (Å²) in [5, 5.41) is 2.82. The van der Waals surface area contributed by atoms with Gasteiger partial charge in [0.05, 0.1) is 10.6 Å². The SMILES string of the molecule is CCNC(=O)C(CC)N(Cc1ccc(C)cc1)C(=O)CN(c1cccc(C)c1C)S(=O)(=O)c1ccccc1. The predicted molar refractivity (Wildman–Crippen MR) is 151 cm³/mol. The summed E-state index contributed by atoms with van der Waals surface area (Å²) in [6, 6.07) is 20.5. The fourth-order valence-electron chi connectivity index (χ4n) is 4.34. The summed E-state index contributed by atoms with van der Waals surface area (Å²) in [6.45, 7) is 9.57. The molecule has 8 heteroatoms. The van der Waals surface area contributed by atoms with Gasteiger partial charge in [-0.05, 0) is 69.0 Å². The molecule has 2 amide bonds. The summed E-state index contributed by atoms with van der Waals surface area (Å²) in [5.74, 6) is -0.719. The van der Waals surface area contributed by atoms with E-state index in [9.17, 15) is 18.0 Å². The number of anilines is 1. The number of nitrogens with zero attached hydrogens (tertiary/aromatic N) is 2. The second kappa shape index (κ2) is 12.7. The highest BCUT2D eigenvalue weighted by Crippen LogP contribution is 2.29. The van der Waals surface area contributed by atoms with Crippen molar-refractivity contribution in [2.45, 2.75) is 58.5 Å². The van der Waals surface area contributed by atoms with Crippen LogP contribution >= 0.6 is 0 Å². The van der Waals surface area contributed by atoms with Gasteiger partial charge in [-0.3, -0.25) is 13.9 Å². The summed E-state index contributed by atoms with van der Waals surface area (Å²) in [5.41, 5.74) is 4.05. The molecule has 0 aliphatic heterocycles. The van der Waals surface area contributed by atoms with E-state index in [-0.39, 0.29) is 17.3 Å². The Labute approximate surface area is 226 Å². The van der Waals surface area contributed by atoms with Crippen molar-refractivity contribution in [2.24, 2.45) is 0 Å². The lowest BCUT2D eigenvalue weighted by molar-refractivity contribution is -0.140. The number of aryl methyl sites for hydroxylation is 2. The lowest BCUT2D eigenvalue weighted by Crippen LogP contribution is -2.52. The van der Waals surface area contributed by atoms with Crippen molar-refractivity contribution >= 4 is 27.5 Å². The molecule has 3 aromatic carbocycles. The van der Waals surface area contributed by atoms with Crippen LogP contribution in [0, 0.1) is 20.8 Å². The molecule has 1 atom stereocenters. The third-order valence-corrected chi connectivity index (χ3v) is 8.44. The summed E-state index contributed by atoms with van der Waals surface area (Å²) in [6.07, 6.45) is 0.387. The van der Waals surface area contributed by atoms with E-state index >= 15 is 0 Å². The maximum absolute atomic E-state index is 14.0. The molecule has 3 aromatic rings. The topological polar surface area (TPSA) is 86.8 Å². The Balaban J connectivity index is 2.09. The summed E-state index contributed by atoms with van der Waals surface area (Å²) in [4.78, 5) is 28.6. The molecule has 0 radical (unpaired) electrons. The fraction of sp³-hybridized carbons (Fsp3) is 0.333. The molecule has 7 nitrogen and oxygen atoms in total. The first-order valence-corrected chi connectivity index (χ1v) is 14.3. The number of hydrogen-bond acceptors (Lipinski definition) is 4. The highest BCUT2D eigenvalue weighted by atomic mass is 32.2. The molecule has 38 heavy (non-hydrogen) atoms. The summed E-state index contributed by atoms with van der Waals surface area (Å²) < 4.78 is 29.0. The van der Waals surface area contributed by atoms with E-state index in [0.717, 1.165) is 22.3 Å². The van der Waals surface area contributed by atoms with Crippen LogP contribution in [0.15, 0.2) is 77.7 Å². The van der Waals surface area contributed by atoms with Gasteiger partial charge in [-0.15, -0.1) is 0 Å². The fourth-order valence-corrected chi connectivity index (χ4v) is 5.83. The van der Waals surface area contributed by atoms with Crippen LogP contribution in [-0.4, -0.2) is 44.3 Å². The first-order valence-electron chi connectivity index (χ1n) is 12.9. The Hall–Kier alpha value is -3.65. The number of hydrogen-bond donors (Lipinski definition) is 1. The maximum atomic E-state index is 14.0. The van der Waals surface area contributed by atoms with Crippen molar-refractivity contribution in [3.63, 3.8) is 0 Å². The zero-order chi connectivity index (χ0) is 27.9. The standard InChI is InChI=1S/C30H37N3O4S/c1-6-27(30(35)31-7-2)32(20-25-18-16-22(3)17-19-25)29(34)21-33(28-15-11-12-23(4)24(28)5)38(36,37)26-13-9-8-10-14-26/h8-19,27H,6-7,20-21H2,1-5H3,(H,31,35). The van der Waals surface area contributed by atoms with Gasteiger partial charge < -0.3 is 10.2 Å². The van der Waals surface area contributed by atoms with Gasteiger partial charge in [0.25, 0.3) is 10.0 Å². The molecular formula is C30H37N3O4S. The number of sulfonamides is 1. The Morgan fingerprint density at radius 1 is 0.868 bits per heavy atom. The van der Waals surface area contributed by atoms with Crippen LogP contribution in [0.25, 0.3) is 0 Å². The van der Waals surface area contributed by atoms with E-state index in [2.05, 4.69) is 5.32 Å². The van der Waals surface area contributed by atoms with E-state index in [1.807, 2.05) is 65.0 Å². The Morgan fingerprint density at radius 3 is 2.13 bits per heavy atom. The molecule has 1 unspecified atom stereocenters. The minimum atomic E-state index is -4.08. The summed E-state index contributed by atoms with van der Waals surface area (Å²) in [7, 11) is -4.08. The van der Waals surface area contributed by atoms with Crippen molar-refractivity contribution < 1.29 is 18.0 Å². The van der Waals surface area contributed by atoms with Gasteiger partial charge in [0, 0.05) is 13.1 Å². The average molecular weight is 536 g/mol. The average Bonchev–Trinajstić information content (AvgIpc) is 2.90. The molecule has 1 N–H and O–H groups in total. The molecule has 3 rings (SSSR count). The first-order chi connectivity index (χ1) is 18.1. The minimum absolute atomic E-state index is 0.0922. The third-order valence-electron chi connectivity index (χ3n) is 6.67. The van der Waals surface area contributed by atoms with Crippen LogP contribution in [0.2, 0.25) is 0 Å². The normalized spacial score (nSPS) is 12.0. The molecule has 202 valence electrons. The number of nitrogens with one attached hydrogen (secondary N) is 1. The van der Waals surface area contributed by atoms with E-state index in [1.54, 1.807) is 30.3 Å². The number of carbonyl (C=O) groups is 2. The largest absolute Gasteiger partial charge is 0.355 e. The Bertz CT molecular complexity index is 1360. The lowest BCUT2D eigenvalue weighted by atomic mass is 10.1. The van der Waals surface area contributed by atoms with E-state index < -0.39 is 28.5 Å². The molecule has 0 aromatic heterocycles. The van der Waals surface area contributed by atoms with Crippen molar-refractivity contribution in [3.8, 4) is 0 Å². The smallest absolute Gasteiger partial charge is 0.264 e. The molecule has 0 spiro atoms. The number of benzene rings is 3. The molecule has 0 aliphatic rings. The number of amides is 2. The monoisotopic (exact) mass is 535 g/mol. The molecule has 0 bridgehead atoms. The summed E-state index contributed by atoms with van der Waals surface area (Å²) >= 11 is 0.